The summed E-state index contributed by atoms with van der Waals surface area (Å²) >= 11 is 0. The highest BCUT2D eigenvalue weighted by Crippen LogP contribution is 2.02. The van der Waals surface area contributed by atoms with Gasteiger partial charge in [0.2, 0.25) is 0 Å². The largest absolute Gasteiger partial charge is 0.469 e. The minimum atomic E-state index is -0.587. The van der Waals surface area contributed by atoms with Gasteiger partial charge in [0.05, 0.1) is 32.8 Å². The van der Waals surface area contributed by atoms with E-state index in [4.69, 9.17) is 38.2 Å². The number of hydrogen-bond donors (Lipinski definition) is 0. The first-order chi connectivity index (χ1) is 34.1. The molecule has 0 aliphatic rings. The zero-order chi connectivity index (χ0) is 51.4. The van der Waals surface area contributed by atoms with Crippen LogP contribution >= 0.6 is 0 Å². The van der Waals surface area contributed by atoms with Crippen molar-refractivity contribution in [2.45, 2.75) is 32.1 Å². The van der Waals surface area contributed by atoms with Crippen molar-refractivity contribution >= 4 is 23.9 Å². The number of carbonyl (C=O) groups is 4. The molecule has 0 aliphatic heterocycles. The lowest BCUT2D eigenvalue weighted by molar-refractivity contribution is -0.141. The van der Waals surface area contributed by atoms with E-state index in [0.29, 0.717) is 39.3 Å². The van der Waals surface area contributed by atoms with Crippen LogP contribution in [0.15, 0.2) is 0 Å². The molecule has 12 heteroatoms. The molecule has 0 saturated heterocycles. The Balaban J connectivity index is -0.0000000321. The molecule has 420 valence electrons. The summed E-state index contributed by atoms with van der Waals surface area (Å²) in [6.45, 7) is 5.11. The van der Waals surface area contributed by atoms with Crippen molar-refractivity contribution in [1.29, 1.82) is 0 Å². The maximum atomic E-state index is 12.5. The molecule has 0 aliphatic carbocycles. The lowest BCUT2D eigenvalue weighted by atomic mass is 10.3. The van der Waals surface area contributed by atoms with Gasteiger partial charge >= 0.3 is 23.9 Å². The number of likely N-dealkylation sites (N-methyl/N-ethyl adjacent to an activating group) is 2. The van der Waals surface area contributed by atoms with Gasteiger partial charge in [0.15, 0.2) is 0 Å². The van der Waals surface area contributed by atoms with E-state index in [0.717, 1.165) is 19.5 Å². The summed E-state index contributed by atoms with van der Waals surface area (Å²) in [6, 6.07) is 0. The zero-order valence-corrected chi connectivity index (χ0v) is 38.9. The fourth-order valence-corrected chi connectivity index (χ4v) is 4.47. The second kappa shape index (κ2) is 45.4. The Bertz CT molecular complexity index is 2980. The van der Waals surface area contributed by atoms with Gasteiger partial charge in [0, 0.05) is 197 Å². The summed E-state index contributed by atoms with van der Waals surface area (Å²) in [5, 5.41) is 0. The van der Waals surface area contributed by atoms with E-state index in [2.05, 4.69) is 206 Å². The normalized spacial score (nSPS) is 7.77. The average Bonchev–Trinajstić information content (AvgIpc) is 3.35. The van der Waals surface area contributed by atoms with Crippen molar-refractivity contribution in [1.82, 2.24) is 19.6 Å². The standard InChI is InChI=1S/C58H42N4O8.39H2/c1-7-10-13-16-19-22-25-28-31-34-52-68-56(64)39-45-61(44-38-55(63)67-6)50-48-59(4)42-37-43-60(5)49-51-62(46-40-57(65)69-53-35-32-29-26-23-20-17-14-11-8-2)47-41-58(66)70-54-36-33-30-27-24-21-18-15-12-9-3;;;;;;;;;;;;;;;;;;;;;;;;;;;;;;;;;;;;;;;/h1-3H,37-51H2,4-6H3;39*1H. The van der Waals surface area contributed by atoms with Crippen LogP contribution in [0.3, 0.4) is 0 Å². The van der Waals surface area contributed by atoms with E-state index in [1.807, 2.05) is 23.9 Å². The Morgan fingerprint density at radius 2 is 0.586 bits per heavy atom. The van der Waals surface area contributed by atoms with Gasteiger partial charge in [0.25, 0.3) is 0 Å². The molecule has 0 spiro atoms. The molecular formula is C58H120N4O8. The van der Waals surface area contributed by atoms with Crippen molar-refractivity contribution in [3.8, 4) is 215 Å². The number of ether oxygens (including phenoxy) is 4. The molecule has 0 rings (SSSR count). The first-order valence-corrected chi connectivity index (χ1v) is 20.5. The predicted octanol–water partition coefficient (Wildman–Crippen LogP) is 9.62. The van der Waals surface area contributed by atoms with Crippen LogP contribution in [0, 0.1) is 215 Å². The van der Waals surface area contributed by atoms with Crippen LogP contribution in [-0.4, -0.2) is 130 Å². The van der Waals surface area contributed by atoms with E-state index in [-0.39, 0.29) is 100 Å². The summed E-state index contributed by atoms with van der Waals surface area (Å²) in [5.74, 6) is 69.6. The van der Waals surface area contributed by atoms with Gasteiger partial charge in [-0.15, -0.1) is 19.3 Å². The van der Waals surface area contributed by atoms with Crippen LogP contribution < -0.4 is 0 Å². The van der Waals surface area contributed by atoms with Crippen molar-refractivity contribution < 1.29 is 93.8 Å². The Morgan fingerprint density at radius 3 is 0.843 bits per heavy atom. The summed E-state index contributed by atoms with van der Waals surface area (Å²) in [5.41, 5.74) is 0. The highest BCUT2D eigenvalue weighted by atomic mass is 16.5. The monoisotopic (exact) mass is 1000 g/mol. The topological polar surface area (TPSA) is 118 Å². The third-order valence-electron chi connectivity index (χ3n) is 7.80. The van der Waals surface area contributed by atoms with E-state index in [9.17, 15) is 19.2 Å². The summed E-state index contributed by atoms with van der Waals surface area (Å²) < 4.78 is 19.7. The Labute approximate surface area is 472 Å². The molecule has 0 amide bonds. The fraction of sp³-hybridized carbons (Fsp3) is 0.310. The van der Waals surface area contributed by atoms with Gasteiger partial charge in [-0.2, -0.15) is 0 Å². The summed E-state index contributed by atoms with van der Waals surface area (Å²) in [4.78, 5) is 57.3. The molecule has 0 saturated carbocycles. The molecule has 0 unspecified atom stereocenters. The number of methoxy groups -OCH3 is 1. The maximum Gasteiger partial charge on any atom is 0.321 e. The van der Waals surface area contributed by atoms with Gasteiger partial charge < -0.3 is 38.5 Å². The quantitative estimate of drug-likeness (QED) is 0.0584. The summed E-state index contributed by atoms with van der Waals surface area (Å²) in [7, 11) is 5.27. The molecule has 0 bridgehead atoms. The number of nitrogens with zero attached hydrogens (tertiary/aromatic N) is 4. The predicted molar refractivity (Wildman–Crippen MR) is 347 cm³/mol. The zero-order valence-electron chi connectivity index (χ0n) is 38.9. The lowest BCUT2D eigenvalue weighted by Crippen LogP contribution is -2.38. The van der Waals surface area contributed by atoms with Gasteiger partial charge in [-0.25, -0.2) is 0 Å². The second-order valence-corrected chi connectivity index (χ2v) is 12.8. The first kappa shape index (κ1) is 59.8. The summed E-state index contributed by atoms with van der Waals surface area (Å²) in [6.07, 6.45) is 22.7. The van der Waals surface area contributed by atoms with E-state index >= 15 is 0 Å². The van der Waals surface area contributed by atoms with Crippen LogP contribution in [0.4, 0.5) is 0 Å². The fourth-order valence-electron chi connectivity index (χ4n) is 4.47. The lowest BCUT2D eigenvalue weighted by Gasteiger charge is -2.26. The molecule has 0 aromatic rings. The minimum Gasteiger partial charge on any atom is -0.469 e. The van der Waals surface area contributed by atoms with Gasteiger partial charge in [-0.3, -0.25) is 19.2 Å². The highest BCUT2D eigenvalue weighted by Gasteiger charge is 2.15. The third kappa shape index (κ3) is 41.8. The van der Waals surface area contributed by atoms with Crippen LogP contribution in [0.1, 0.15) is 87.7 Å². The molecule has 0 aromatic heterocycles. The highest BCUT2D eigenvalue weighted by molar-refractivity contribution is 5.72. The molecule has 0 fully saturated rings. The van der Waals surface area contributed by atoms with E-state index in [1.165, 1.54) is 7.11 Å². The van der Waals surface area contributed by atoms with Crippen molar-refractivity contribution in [3.05, 3.63) is 0 Å². The first-order valence-electron chi connectivity index (χ1n) is 20.5. The number of terminal acetylenes is 3. The smallest absolute Gasteiger partial charge is 0.321 e. The second-order valence-electron chi connectivity index (χ2n) is 12.8. The number of esters is 4. The van der Waals surface area contributed by atoms with Gasteiger partial charge in [-0.05, 0) is 122 Å². The molecule has 0 atom stereocenters. The maximum absolute atomic E-state index is 12.5. The van der Waals surface area contributed by atoms with Crippen LogP contribution in [0.5, 0.6) is 0 Å². The minimum absolute atomic E-state index is 0. The molecule has 0 heterocycles. The number of carbonyl (C=O) groups excluding carboxylic acids is 4. The van der Waals surface area contributed by atoms with Gasteiger partial charge in [-0.1, -0.05) is 0 Å². The Kier molecular flexibility index (Phi) is 38.8. The molecular weight excluding hydrogens is 881 g/mol. The number of rotatable bonds is 22. The average molecular weight is 1000 g/mol. The molecule has 0 radical (unpaired) electrons. The van der Waals surface area contributed by atoms with E-state index < -0.39 is 17.9 Å². The molecule has 12 nitrogen and oxygen atoms in total. The van der Waals surface area contributed by atoms with Crippen LogP contribution in [0.2, 0.25) is 0 Å². The Hall–Kier alpha value is -10.2. The van der Waals surface area contributed by atoms with Crippen molar-refractivity contribution in [3.63, 3.8) is 0 Å². The van der Waals surface area contributed by atoms with Crippen molar-refractivity contribution in [2.75, 3.05) is 86.7 Å². The SMILES string of the molecule is C#CC#CC#CC#CC#CC#COC(=O)CCN(CCC(=O)OC)CCN(C)CCCN(C)CCN(CCC(=O)OC#CC#CC#CC#CC#CC#C)CCC(=O)OC#CC#CC#CC#CC#CC#C.[HH].[HH].[HH].[HH].[HH].[HH].[HH].[HH].[HH].[HH].[HH].[HH].[HH].[HH].[HH].[HH].[HH].[HH].[HH].[HH].[HH].[HH].[HH].[HH].[HH].[HH].[HH].[HH].[HH].[HH].[HH].[HH].[HH].[HH].[HH].[HH].[HH].[HH].[HH]. The molecule has 0 N–H and O–H groups in total. The number of hydrogen-bond acceptors (Lipinski definition) is 12. The van der Waals surface area contributed by atoms with Gasteiger partial charge in [0.1, 0.15) is 18.3 Å². The third-order valence-corrected chi connectivity index (χ3v) is 7.80. The van der Waals surface area contributed by atoms with Crippen LogP contribution in [-0.2, 0) is 38.1 Å². The Morgan fingerprint density at radius 1 is 0.343 bits per heavy atom. The van der Waals surface area contributed by atoms with E-state index in [1.54, 1.807) is 0 Å². The molecule has 0 aromatic carbocycles. The molecule has 70 heavy (non-hydrogen) atoms. The van der Waals surface area contributed by atoms with Crippen LogP contribution in [0.25, 0.3) is 0 Å². The van der Waals surface area contributed by atoms with Crippen molar-refractivity contribution in [2.24, 2.45) is 0 Å².